The highest BCUT2D eigenvalue weighted by atomic mass is 16.2. The van der Waals surface area contributed by atoms with Gasteiger partial charge in [0.15, 0.2) is 0 Å². The molecule has 1 unspecified atom stereocenters. The molecule has 2 fully saturated rings. The van der Waals surface area contributed by atoms with Gasteiger partial charge in [-0.05, 0) is 67.5 Å². The zero-order valence-electron chi connectivity index (χ0n) is 16.5. The fraction of sp³-hybridized carbons (Fsp3) is 0.417. The van der Waals surface area contributed by atoms with Crippen LogP contribution in [0.25, 0.3) is 0 Å². The van der Waals surface area contributed by atoms with Crippen molar-refractivity contribution in [3.05, 3.63) is 70.8 Å². The van der Waals surface area contributed by atoms with Gasteiger partial charge in [-0.1, -0.05) is 31.2 Å². The Hall–Kier alpha value is -2.62. The van der Waals surface area contributed by atoms with Crippen molar-refractivity contribution in [3.8, 4) is 0 Å². The van der Waals surface area contributed by atoms with Crippen LogP contribution in [0.5, 0.6) is 0 Å². The minimum atomic E-state index is 0.0177. The van der Waals surface area contributed by atoms with Crippen LogP contribution in [0.4, 0.5) is 0 Å². The summed E-state index contributed by atoms with van der Waals surface area (Å²) >= 11 is 0. The molecule has 4 nitrogen and oxygen atoms in total. The van der Waals surface area contributed by atoms with Gasteiger partial charge in [-0.2, -0.15) is 0 Å². The number of piperidine rings is 1. The third-order valence-electron chi connectivity index (χ3n) is 5.85. The van der Waals surface area contributed by atoms with Gasteiger partial charge in [0.25, 0.3) is 11.8 Å². The van der Waals surface area contributed by atoms with E-state index in [1.54, 1.807) is 0 Å². The summed E-state index contributed by atoms with van der Waals surface area (Å²) in [4.78, 5) is 27.3. The molecular weight excluding hydrogens is 348 g/mol. The number of aryl methyl sites for hydroxylation is 1. The molecule has 1 heterocycles. The van der Waals surface area contributed by atoms with Crippen LogP contribution in [0.2, 0.25) is 0 Å². The molecule has 4 heteroatoms. The molecule has 1 saturated carbocycles. The first-order chi connectivity index (χ1) is 13.6. The average molecular weight is 377 g/mol. The molecule has 1 atom stereocenters. The lowest BCUT2D eigenvalue weighted by atomic mass is 9.89. The highest BCUT2D eigenvalue weighted by molar-refractivity contribution is 5.95. The first-order valence-corrected chi connectivity index (χ1v) is 10.4. The summed E-state index contributed by atoms with van der Waals surface area (Å²) < 4.78 is 0. The van der Waals surface area contributed by atoms with Crippen LogP contribution in [-0.2, 0) is 6.42 Å². The number of rotatable bonds is 5. The Balaban J connectivity index is 1.45. The van der Waals surface area contributed by atoms with Gasteiger partial charge in [-0.25, -0.2) is 0 Å². The fourth-order valence-corrected chi connectivity index (χ4v) is 3.93. The molecule has 28 heavy (non-hydrogen) atoms. The van der Waals surface area contributed by atoms with Gasteiger partial charge in [-0.15, -0.1) is 0 Å². The Morgan fingerprint density at radius 3 is 2.54 bits per heavy atom. The van der Waals surface area contributed by atoms with Crippen LogP contribution in [0.3, 0.4) is 0 Å². The summed E-state index contributed by atoms with van der Waals surface area (Å²) in [5.41, 5.74) is 3.88. The molecule has 1 N–H and O–H groups in total. The third-order valence-corrected chi connectivity index (χ3v) is 5.85. The van der Waals surface area contributed by atoms with E-state index in [0.717, 1.165) is 55.3 Å². The van der Waals surface area contributed by atoms with E-state index in [1.165, 1.54) is 5.56 Å². The zero-order valence-corrected chi connectivity index (χ0v) is 16.5. The molecule has 2 aromatic rings. The number of carbonyl (C=O) groups is 2. The van der Waals surface area contributed by atoms with Crippen molar-refractivity contribution in [2.24, 2.45) is 0 Å². The van der Waals surface area contributed by atoms with Gasteiger partial charge in [0.2, 0.25) is 0 Å². The van der Waals surface area contributed by atoms with Gasteiger partial charge >= 0.3 is 0 Å². The Morgan fingerprint density at radius 1 is 1.04 bits per heavy atom. The van der Waals surface area contributed by atoms with Crippen LogP contribution in [0.1, 0.15) is 70.4 Å². The van der Waals surface area contributed by atoms with Crippen LogP contribution in [-0.4, -0.2) is 35.8 Å². The van der Waals surface area contributed by atoms with E-state index >= 15 is 0 Å². The molecule has 4 rings (SSSR count). The van der Waals surface area contributed by atoms with Crippen LogP contribution < -0.4 is 5.32 Å². The van der Waals surface area contributed by atoms with Crippen LogP contribution in [0.15, 0.2) is 48.5 Å². The monoisotopic (exact) mass is 376 g/mol. The Bertz CT molecular complexity index is 855. The Labute approximate surface area is 166 Å². The largest absolute Gasteiger partial charge is 0.349 e. The first-order valence-electron chi connectivity index (χ1n) is 10.4. The van der Waals surface area contributed by atoms with Crippen LogP contribution >= 0.6 is 0 Å². The maximum atomic E-state index is 12.9. The second-order valence-electron chi connectivity index (χ2n) is 8.01. The molecule has 0 spiro atoms. The van der Waals surface area contributed by atoms with Crippen molar-refractivity contribution in [1.29, 1.82) is 0 Å². The summed E-state index contributed by atoms with van der Waals surface area (Å²) in [6.45, 7) is 3.62. The molecule has 0 aromatic heterocycles. The lowest BCUT2D eigenvalue weighted by molar-refractivity contribution is 0.0706. The number of benzene rings is 2. The second kappa shape index (κ2) is 8.17. The van der Waals surface area contributed by atoms with E-state index in [2.05, 4.69) is 18.3 Å². The topological polar surface area (TPSA) is 49.4 Å². The van der Waals surface area contributed by atoms with Crippen molar-refractivity contribution in [3.63, 3.8) is 0 Å². The minimum absolute atomic E-state index is 0.0177. The van der Waals surface area contributed by atoms with Crippen molar-refractivity contribution >= 4 is 11.8 Å². The molecule has 0 radical (unpaired) electrons. The van der Waals surface area contributed by atoms with E-state index in [0.29, 0.717) is 12.6 Å². The summed E-state index contributed by atoms with van der Waals surface area (Å²) in [5, 5.41) is 3.05. The maximum absolute atomic E-state index is 12.9. The lowest BCUT2D eigenvalue weighted by Crippen LogP contribution is -2.39. The van der Waals surface area contributed by atoms with E-state index in [1.807, 2.05) is 47.4 Å². The fourth-order valence-electron chi connectivity index (χ4n) is 3.93. The second-order valence-corrected chi connectivity index (χ2v) is 8.01. The molecule has 0 bridgehead atoms. The first kappa shape index (κ1) is 18.7. The number of hydrogen-bond donors (Lipinski definition) is 1. The third kappa shape index (κ3) is 4.27. The maximum Gasteiger partial charge on any atom is 0.253 e. The van der Waals surface area contributed by atoms with Gasteiger partial charge in [0.1, 0.15) is 0 Å². The van der Waals surface area contributed by atoms with Gasteiger partial charge in [-0.3, -0.25) is 9.59 Å². The van der Waals surface area contributed by atoms with Crippen molar-refractivity contribution in [1.82, 2.24) is 10.2 Å². The Morgan fingerprint density at radius 2 is 1.82 bits per heavy atom. The normalized spacial score (nSPS) is 19.3. The van der Waals surface area contributed by atoms with Gasteiger partial charge in [0.05, 0.1) is 0 Å². The lowest BCUT2D eigenvalue weighted by Gasteiger charge is -2.33. The Kier molecular flexibility index (Phi) is 5.47. The summed E-state index contributed by atoms with van der Waals surface area (Å²) in [5.74, 6) is 0.403. The van der Waals surface area contributed by atoms with Gasteiger partial charge < -0.3 is 10.2 Å². The molecular formula is C24H28N2O2. The molecule has 146 valence electrons. The SMILES string of the molecule is CCc1ccc(C(=O)N2CCCC(c3cccc(C(=O)NC4CC4)c3)C2)cc1. The number of hydrogen-bond acceptors (Lipinski definition) is 2. The average Bonchev–Trinajstić information content (AvgIpc) is 3.57. The molecule has 2 amide bonds. The van der Waals surface area contributed by atoms with Gasteiger partial charge in [0, 0.05) is 36.2 Å². The summed E-state index contributed by atoms with van der Waals surface area (Å²) in [6, 6.07) is 16.2. The molecule has 2 aliphatic rings. The standard InChI is InChI=1S/C24H28N2O2/c1-2-17-8-10-18(11-9-17)24(28)26-14-4-7-21(16-26)19-5-3-6-20(15-19)23(27)25-22-12-13-22/h3,5-6,8-11,15,21-22H,2,4,7,12-14,16H2,1H3,(H,25,27). The van der Waals surface area contributed by atoms with Crippen molar-refractivity contribution in [2.45, 2.75) is 51.0 Å². The summed E-state index contributed by atoms with van der Waals surface area (Å²) in [6.07, 6.45) is 5.19. The van der Waals surface area contributed by atoms with E-state index in [4.69, 9.17) is 0 Å². The van der Waals surface area contributed by atoms with E-state index < -0.39 is 0 Å². The molecule has 1 saturated heterocycles. The van der Waals surface area contributed by atoms with Crippen molar-refractivity contribution in [2.75, 3.05) is 13.1 Å². The zero-order chi connectivity index (χ0) is 19.5. The number of nitrogens with one attached hydrogen (secondary N) is 1. The molecule has 1 aliphatic carbocycles. The number of nitrogens with zero attached hydrogens (tertiary/aromatic N) is 1. The highest BCUT2D eigenvalue weighted by Crippen LogP contribution is 2.29. The minimum Gasteiger partial charge on any atom is -0.349 e. The van der Waals surface area contributed by atoms with E-state index in [-0.39, 0.29) is 17.7 Å². The molecule has 1 aliphatic heterocycles. The smallest absolute Gasteiger partial charge is 0.253 e. The highest BCUT2D eigenvalue weighted by Gasteiger charge is 2.27. The number of likely N-dealkylation sites (tertiary alicyclic amines) is 1. The van der Waals surface area contributed by atoms with Crippen molar-refractivity contribution < 1.29 is 9.59 Å². The predicted molar refractivity (Wildman–Crippen MR) is 111 cm³/mol. The molecule has 2 aromatic carbocycles. The number of carbonyl (C=O) groups excluding carboxylic acids is 2. The predicted octanol–water partition coefficient (Wildman–Crippen LogP) is 4.16. The number of amides is 2. The quantitative estimate of drug-likeness (QED) is 0.852. The van der Waals surface area contributed by atoms with E-state index in [9.17, 15) is 9.59 Å². The van der Waals surface area contributed by atoms with Crippen LogP contribution in [0, 0.1) is 0 Å². The summed E-state index contributed by atoms with van der Waals surface area (Å²) in [7, 11) is 0.